The molecule has 5 aromatic rings. The average Bonchev–Trinajstić information content (AvgIpc) is 3.88. The second-order valence-electron chi connectivity index (χ2n) is 13.9. The highest BCUT2D eigenvalue weighted by Crippen LogP contribution is 2.29. The van der Waals surface area contributed by atoms with Crippen LogP contribution >= 0.6 is 11.6 Å². The lowest BCUT2D eigenvalue weighted by molar-refractivity contribution is 0.0505. The number of nitrogens with zero attached hydrogens (tertiary/aromatic N) is 4. The molecule has 0 aliphatic carbocycles. The lowest BCUT2D eigenvalue weighted by Crippen LogP contribution is -2.42. The normalized spacial score (nSPS) is 12.1. The van der Waals surface area contributed by atoms with Crippen molar-refractivity contribution in [1.29, 1.82) is 0 Å². The number of imidazole rings is 2. The first kappa shape index (κ1) is 41.0. The molecule has 0 fully saturated rings. The molecule has 2 aromatic heterocycles. The number of esters is 1. The maximum absolute atomic E-state index is 12.5. The van der Waals surface area contributed by atoms with Gasteiger partial charge in [0.2, 0.25) is 0 Å². The summed E-state index contributed by atoms with van der Waals surface area (Å²) in [6.45, 7) is 13.4. The van der Waals surface area contributed by atoms with E-state index in [9.17, 15) is 14.7 Å². The molecule has 1 amide bonds. The van der Waals surface area contributed by atoms with E-state index in [1.54, 1.807) is 43.0 Å². The van der Waals surface area contributed by atoms with Gasteiger partial charge in [-0.2, -0.15) is 0 Å². The van der Waals surface area contributed by atoms with Gasteiger partial charge in [0.1, 0.15) is 0 Å². The quantitative estimate of drug-likeness (QED) is 0.0589. The van der Waals surface area contributed by atoms with Gasteiger partial charge in [-0.15, -0.1) is 0 Å². The Balaban J connectivity index is 0.000000238. The molecule has 0 radical (unpaired) electrons. The summed E-state index contributed by atoms with van der Waals surface area (Å²) >= 11 is 6.32. The topological polar surface area (TPSA) is 135 Å². The molecule has 53 heavy (non-hydrogen) atoms. The highest BCUT2D eigenvalue weighted by atomic mass is 35.5. The first-order valence-corrected chi connectivity index (χ1v) is 18.3. The molecule has 0 bridgehead atoms. The molecule has 11 nitrogen and oxygen atoms in total. The van der Waals surface area contributed by atoms with Crippen LogP contribution in [0.3, 0.4) is 0 Å². The molecule has 0 saturated heterocycles. The molecule has 5 rings (SSSR count). The molecule has 0 spiro atoms. The van der Waals surface area contributed by atoms with Crippen molar-refractivity contribution in [2.75, 3.05) is 25.0 Å². The van der Waals surface area contributed by atoms with Gasteiger partial charge in [0.05, 0.1) is 48.2 Å². The Kier molecular flexibility index (Phi) is 15.4. The molecule has 1 unspecified atom stereocenters. The number of amides is 1. The fourth-order valence-corrected chi connectivity index (χ4v) is 5.62. The van der Waals surface area contributed by atoms with Crippen LogP contribution in [0.1, 0.15) is 79.3 Å². The number of anilines is 1. The Morgan fingerprint density at radius 1 is 0.849 bits per heavy atom. The maximum Gasteiger partial charge on any atom is 0.338 e. The summed E-state index contributed by atoms with van der Waals surface area (Å²) in [5, 5.41) is 20.5. The minimum atomic E-state index is -0.517. The van der Waals surface area contributed by atoms with Crippen LogP contribution in [0.2, 0.25) is 5.02 Å². The van der Waals surface area contributed by atoms with Crippen molar-refractivity contribution in [3.05, 3.63) is 138 Å². The molecule has 12 heteroatoms. The van der Waals surface area contributed by atoms with Crippen LogP contribution in [0.25, 0.3) is 0 Å². The third-order valence-corrected chi connectivity index (χ3v) is 9.06. The van der Waals surface area contributed by atoms with E-state index in [0.717, 1.165) is 37.1 Å². The Hall–Kier alpha value is -4.81. The van der Waals surface area contributed by atoms with Gasteiger partial charge in [-0.25, -0.2) is 14.8 Å². The summed E-state index contributed by atoms with van der Waals surface area (Å²) in [6, 6.07) is 22.2. The van der Waals surface area contributed by atoms with Gasteiger partial charge in [0.15, 0.2) is 0 Å². The first-order chi connectivity index (χ1) is 25.4. The van der Waals surface area contributed by atoms with Crippen LogP contribution in [0.5, 0.6) is 0 Å². The fourth-order valence-electron chi connectivity index (χ4n) is 5.46. The fraction of sp³-hybridized carbons (Fsp3) is 0.366. The third-order valence-electron chi connectivity index (χ3n) is 8.73. The number of aliphatic hydroxyl groups is 1. The number of halogens is 1. The zero-order chi connectivity index (χ0) is 38.3. The van der Waals surface area contributed by atoms with Gasteiger partial charge in [-0.05, 0) is 94.6 Å². The van der Waals surface area contributed by atoms with Crippen LogP contribution in [0.15, 0.2) is 110 Å². The van der Waals surface area contributed by atoms with Crippen LogP contribution in [-0.4, -0.2) is 61.9 Å². The third kappa shape index (κ3) is 13.0. The van der Waals surface area contributed by atoms with Crippen molar-refractivity contribution in [2.24, 2.45) is 0 Å². The van der Waals surface area contributed by atoms with Crippen LogP contribution in [-0.2, 0) is 28.9 Å². The number of aliphatic hydroxyl groups excluding tert-OH is 1. The van der Waals surface area contributed by atoms with Crippen molar-refractivity contribution in [1.82, 2.24) is 29.7 Å². The van der Waals surface area contributed by atoms with Gasteiger partial charge >= 0.3 is 5.97 Å². The van der Waals surface area contributed by atoms with Crippen molar-refractivity contribution >= 4 is 29.2 Å². The molecule has 3 aromatic carbocycles. The lowest BCUT2D eigenvalue weighted by Gasteiger charge is -2.28. The second kappa shape index (κ2) is 19.9. The van der Waals surface area contributed by atoms with E-state index < -0.39 is 6.10 Å². The van der Waals surface area contributed by atoms with E-state index in [-0.39, 0.29) is 23.0 Å². The monoisotopic (exact) mass is 741 g/mol. The van der Waals surface area contributed by atoms with Crippen LogP contribution < -0.4 is 16.0 Å². The largest absolute Gasteiger partial charge is 0.462 e. The van der Waals surface area contributed by atoms with E-state index in [1.807, 2.05) is 92.6 Å². The predicted molar refractivity (Wildman–Crippen MR) is 210 cm³/mol. The van der Waals surface area contributed by atoms with E-state index in [4.69, 9.17) is 16.3 Å². The molecular weight excluding hydrogens is 690 g/mol. The van der Waals surface area contributed by atoms with Gasteiger partial charge < -0.3 is 34.9 Å². The van der Waals surface area contributed by atoms with Crippen molar-refractivity contribution in [3.8, 4) is 0 Å². The predicted octanol–water partition coefficient (Wildman–Crippen LogP) is 7.04. The van der Waals surface area contributed by atoms with E-state index in [0.29, 0.717) is 41.5 Å². The number of rotatable bonds is 17. The summed E-state index contributed by atoms with van der Waals surface area (Å²) in [7, 11) is 0. The van der Waals surface area contributed by atoms with E-state index >= 15 is 0 Å². The number of hydrogen-bond donors (Lipinski definition) is 4. The Labute approximate surface area is 317 Å². The first-order valence-electron chi connectivity index (χ1n) is 17.9. The zero-order valence-electron chi connectivity index (χ0n) is 31.3. The molecule has 0 aliphatic rings. The van der Waals surface area contributed by atoms with Crippen molar-refractivity contribution < 1.29 is 19.4 Å². The summed E-state index contributed by atoms with van der Waals surface area (Å²) in [5.74, 6) is -0.472. The van der Waals surface area contributed by atoms with Gasteiger partial charge in [-0.3, -0.25) is 4.79 Å². The number of aryl methyl sites for hydroxylation is 1. The minimum absolute atomic E-state index is 0.175. The Bertz CT molecular complexity index is 1830. The number of aromatic nitrogens is 4. The highest BCUT2D eigenvalue weighted by Gasteiger charge is 2.23. The molecular formula is C41H52ClN7O4. The number of hydrogen-bond acceptors (Lipinski definition) is 8. The summed E-state index contributed by atoms with van der Waals surface area (Å²) in [5.41, 5.74) is 3.26. The molecule has 0 saturated carbocycles. The number of carbonyl (C=O) groups is 2. The average molecular weight is 742 g/mol. The van der Waals surface area contributed by atoms with E-state index in [1.165, 1.54) is 0 Å². The van der Waals surface area contributed by atoms with Gasteiger partial charge in [0, 0.05) is 54.5 Å². The summed E-state index contributed by atoms with van der Waals surface area (Å²) in [4.78, 5) is 32.3. The van der Waals surface area contributed by atoms with Crippen molar-refractivity contribution in [2.45, 2.75) is 77.7 Å². The molecule has 1 atom stereocenters. The van der Waals surface area contributed by atoms with E-state index in [2.05, 4.69) is 44.3 Å². The molecule has 4 N–H and O–H groups in total. The number of carbonyl (C=O) groups excluding carboxylic acids is 2. The SMILES string of the molecule is CC(C)(NCCCn1ccnc1)c1ccc(Cl)c(NC(=O)c2ccccc2)c1.CCCOC(=O)c1ccc(C(C)(C)NCC(O)Cn2ccnc2)cc1. The van der Waals surface area contributed by atoms with Crippen LogP contribution in [0.4, 0.5) is 5.69 Å². The van der Waals surface area contributed by atoms with Crippen molar-refractivity contribution in [3.63, 3.8) is 0 Å². The Morgan fingerprint density at radius 3 is 2.13 bits per heavy atom. The van der Waals surface area contributed by atoms with Gasteiger partial charge in [0.25, 0.3) is 5.91 Å². The number of benzene rings is 3. The number of nitrogens with one attached hydrogen (secondary N) is 3. The van der Waals surface area contributed by atoms with Gasteiger partial charge in [-0.1, -0.05) is 54.9 Å². The lowest BCUT2D eigenvalue weighted by atomic mass is 9.93. The van der Waals surface area contributed by atoms with Crippen LogP contribution in [0, 0.1) is 0 Å². The molecule has 2 heterocycles. The smallest absolute Gasteiger partial charge is 0.338 e. The highest BCUT2D eigenvalue weighted by molar-refractivity contribution is 6.34. The minimum Gasteiger partial charge on any atom is -0.462 e. The zero-order valence-corrected chi connectivity index (χ0v) is 32.0. The summed E-state index contributed by atoms with van der Waals surface area (Å²) in [6.07, 6.45) is 12.1. The number of ether oxygens (including phenoxy) is 1. The molecule has 0 aliphatic heterocycles. The Morgan fingerprint density at radius 2 is 1.49 bits per heavy atom. The summed E-state index contributed by atoms with van der Waals surface area (Å²) < 4.78 is 9.04. The standard InChI is InChI=1S/C22H25ClN4O.C19H27N3O3/c1-22(2,25-11-6-13-27-14-12-24-16-27)18-9-10-19(23)20(15-18)26-21(28)17-7-4-3-5-8-17;1-4-11-25-18(24)15-5-7-16(8-6-15)19(2,3)21-12-17(23)13-22-10-9-20-14-22/h3-5,7-10,12,14-16,25H,6,11,13H2,1-2H3,(H,26,28);5-10,14,17,21,23H,4,11-13H2,1-3H3. The second-order valence-corrected chi connectivity index (χ2v) is 14.3. The molecule has 282 valence electrons. The maximum atomic E-state index is 12.5.